The Balaban J connectivity index is 1.41. The fourth-order valence-electron chi connectivity index (χ4n) is 2.88. The Morgan fingerprint density at radius 1 is 1.11 bits per heavy atom. The number of nitrogens with zero attached hydrogens (tertiary/aromatic N) is 4. The van der Waals surface area contributed by atoms with Gasteiger partial charge < -0.3 is 4.74 Å². The Hall–Kier alpha value is -3.74. The van der Waals surface area contributed by atoms with Crippen molar-refractivity contribution in [3.05, 3.63) is 94.3 Å². The average Bonchev–Trinajstić information content (AvgIpc) is 3.16. The number of pyridine rings is 1. The summed E-state index contributed by atoms with van der Waals surface area (Å²) in [7, 11) is 0. The van der Waals surface area contributed by atoms with Gasteiger partial charge in [0.05, 0.1) is 24.0 Å². The van der Waals surface area contributed by atoms with Gasteiger partial charge in [0.25, 0.3) is 5.56 Å². The molecule has 0 saturated heterocycles. The second-order valence-corrected chi connectivity index (χ2v) is 6.49. The highest BCUT2D eigenvalue weighted by Crippen LogP contribution is 2.09. The van der Waals surface area contributed by atoms with Crippen molar-refractivity contribution < 1.29 is 9.53 Å². The molecular weight excluding hydrogens is 356 g/mol. The first kappa shape index (κ1) is 17.7. The van der Waals surface area contributed by atoms with Crippen LogP contribution < -0.4 is 5.56 Å². The molecule has 7 heteroatoms. The second-order valence-electron chi connectivity index (χ2n) is 6.49. The Kier molecular flexibility index (Phi) is 4.72. The SMILES string of the molecule is Cc1ccc2nc(COC(=O)Cc3cnn(-c4ccccc4)c3)cc(=O)n2c1. The number of hydrogen-bond donors (Lipinski definition) is 0. The summed E-state index contributed by atoms with van der Waals surface area (Å²) in [4.78, 5) is 28.7. The van der Waals surface area contributed by atoms with E-state index in [4.69, 9.17) is 4.74 Å². The molecule has 0 N–H and O–H groups in total. The lowest BCUT2D eigenvalue weighted by Crippen LogP contribution is -2.17. The number of hydrogen-bond acceptors (Lipinski definition) is 5. The number of aryl methyl sites for hydroxylation is 1. The predicted octanol–water partition coefficient (Wildman–Crippen LogP) is 2.47. The molecule has 0 fully saturated rings. The van der Waals surface area contributed by atoms with Gasteiger partial charge in [-0.1, -0.05) is 24.3 Å². The minimum Gasteiger partial charge on any atom is -0.459 e. The first-order chi connectivity index (χ1) is 13.6. The van der Waals surface area contributed by atoms with Crippen molar-refractivity contribution in [3.63, 3.8) is 0 Å². The summed E-state index contributed by atoms with van der Waals surface area (Å²) in [5.41, 5.74) is 3.36. The average molecular weight is 374 g/mol. The van der Waals surface area contributed by atoms with Crippen LogP contribution in [0.15, 0.2) is 71.9 Å². The Labute approximate surface area is 160 Å². The number of para-hydroxylation sites is 1. The van der Waals surface area contributed by atoms with E-state index in [-0.39, 0.29) is 18.6 Å². The topological polar surface area (TPSA) is 78.5 Å². The van der Waals surface area contributed by atoms with Crippen molar-refractivity contribution in [2.75, 3.05) is 0 Å². The monoisotopic (exact) mass is 374 g/mol. The quantitative estimate of drug-likeness (QED) is 0.502. The largest absolute Gasteiger partial charge is 0.459 e. The molecule has 4 aromatic rings. The smallest absolute Gasteiger partial charge is 0.310 e. The zero-order valence-corrected chi connectivity index (χ0v) is 15.3. The summed E-state index contributed by atoms with van der Waals surface area (Å²) >= 11 is 0. The number of ether oxygens (including phenoxy) is 1. The van der Waals surface area contributed by atoms with Crippen LogP contribution in [0.25, 0.3) is 11.3 Å². The van der Waals surface area contributed by atoms with E-state index in [1.807, 2.05) is 43.3 Å². The molecule has 3 aromatic heterocycles. The molecule has 0 unspecified atom stereocenters. The summed E-state index contributed by atoms with van der Waals surface area (Å²) in [6.45, 7) is 1.85. The Bertz CT molecular complexity index is 1200. The summed E-state index contributed by atoms with van der Waals surface area (Å²) in [5, 5.41) is 4.26. The molecule has 7 nitrogen and oxygen atoms in total. The van der Waals surface area contributed by atoms with E-state index in [2.05, 4.69) is 10.1 Å². The number of rotatable bonds is 5. The fraction of sp³-hybridized carbons (Fsp3) is 0.143. The van der Waals surface area contributed by atoms with Crippen LogP contribution in [0.1, 0.15) is 16.8 Å². The van der Waals surface area contributed by atoms with Gasteiger partial charge in [-0.05, 0) is 30.7 Å². The van der Waals surface area contributed by atoms with E-state index in [9.17, 15) is 9.59 Å². The Morgan fingerprint density at radius 3 is 2.75 bits per heavy atom. The lowest BCUT2D eigenvalue weighted by atomic mass is 10.2. The molecule has 3 heterocycles. The van der Waals surface area contributed by atoms with Crippen LogP contribution >= 0.6 is 0 Å². The van der Waals surface area contributed by atoms with Crippen molar-refractivity contribution in [2.24, 2.45) is 0 Å². The number of fused-ring (bicyclic) bond motifs is 1. The maximum absolute atomic E-state index is 12.2. The summed E-state index contributed by atoms with van der Waals surface area (Å²) in [5.74, 6) is -0.404. The molecule has 0 aliphatic carbocycles. The third-order valence-electron chi connectivity index (χ3n) is 4.25. The molecular formula is C21H18N4O3. The number of benzene rings is 1. The molecule has 0 bridgehead atoms. The van der Waals surface area contributed by atoms with E-state index >= 15 is 0 Å². The van der Waals surface area contributed by atoms with E-state index in [1.54, 1.807) is 29.3 Å². The van der Waals surface area contributed by atoms with Gasteiger partial charge in [-0.2, -0.15) is 5.10 Å². The molecule has 0 saturated carbocycles. The molecule has 0 radical (unpaired) electrons. The van der Waals surface area contributed by atoms with Gasteiger partial charge in [-0.15, -0.1) is 0 Å². The van der Waals surface area contributed by atoms with Crippen molar-refractivity contribution >= 4 is 11.6 Å². The molecule has 1 aromatic carbocycles. The van der Waals surface area contributed by atoms with Gasteiger partial charge in [0, 0.05) is 24.0 Å². The van der Waals surface area contributed by atoms with Gasteiger partial charge in [0.2, 0.25) is 0 Å². The molecule has 28 heavy (non-hydrogen) atoms. The van der Waals surface area contributed by atoms with Gasteiger partial charge in [-0.25, -0.2) is 9.67 Å². The number of carbonyl (C=O) groups excluding carboxylic acids is 1. The van der Waals surface area contributed by atoms with Crippen LogP contribution in [0.5, 0.6) is 0 Å². The van der Waals surface area contributed by atoms with Gasteiger partial charge in [0.15, 0.2) is 0 Å². The van der Waals surface area contributed by atoms with Crippen molar-refractivity contribution in [1.82, 2.24) is 19.2 Å². The third-order valence-corrected chi connectivity index (χ3v) is 4.25. The van der Waals surface area contributed by atoms with Crippen LogP contribution in [0.3, 0.4) is 0 Å². The zero-order chi connectivity index (χ0) is 19.5. The highest BCUT2D eigenvalue weighted by atomic mass is 16.5. The van der Waals surface area contributed by atoms with Gasteiger partial charge in [0.1, 0.15) is 12.3 Å². The van der Waals surface area contributed by atoms with E-state index in [0.717, 1.165) is 16.8 Å². The van der Waals surface area contributed by atoms with Gasteiger partial charge in [-0.3, -0.25) is 14.0 Å². The lowest BCUT2D eigenvalue weighted by molar-refractivity contribution is -0.144. The first-order valence-corrected chi connectivity index (χ1v) is 8.82. The first-order valence-electron chi connectivity index (χ1n) is 8.82. The van der Waals surface area contributed by atoms with Crippen molar-refractivity contribution in [2.45, 2.75) is 20.0 Å². The van der Waals surface area contributed by atoms with Crippen LogP contribution in [0.2, 0.25) is 0 Å². The van der Waals surface area contributed by atoms with E-state index in [0.29, 0.717) is 11.3 Å². The number of aromatic nitrogens is 4. The third kappa shape index (κ3) is 3.83. The molecule has 0 amide bonds. The van der Waals surface area contributed by atoms with E-state index in [1.165, 1.54) is 10.5 Å². The maximum Gasteiger partial charge on any atom is 0.310 e. The molecule has 0 aliphatic heterocycles. The van der Waals surface area contributed by atoms with Crippen LogP contribution in [0.4, 0.5) is 0 Å². The van der Waals surface area contributed by atoms with Gasteiger partial charge >= 0.3 is 5.97 Å². The molecule has 0 atom stereocenters. The van der Waals surface area contributed by atoms with Crippen molar-refractivity contribution in [3.8, 4) is 5.69 Å². The van der Waals surface area contributed by atoms with E-state index < -0.39 is 5.97 Å². The summed E-state index contributed by atoms with van der Waals surface area (Å²) < 4.78 is 8.46. The Morgan fingerprint density at radius 2 is 1.93 bits per heavy atom. The highest BCUT2D eigenvalue weighted by Gasteiger charge is 2.10. The number of carbonyl (C=O) groups is 1. The fourth-order valence-corrected chi connectivity index (χ4v) is 2.88. The van der Waals surface area contributed by atoms with Crippen molar-refractivity contribution in [1.29, 1.82) is 0 Å². The lowest BCUT2D eigenvalue weighted by Gasteiger charge is -2.06. The standard InChI is InChI=1S/C21H18N4O3/c1-15-7-8-19-23-17(10-20(26)24(19)12-15)14-28-21(27)9-16-11-22-25(13-16)18-5-3-2-4-6-18/h2-8,10-13H,9,14H2,1H3. The summed E-state index contributed by atoms with van der Waals surface area (Å²) in [6, 6.07) is 14.7. The normalized spacial score (nSPS) is 10.9. The zero-order valence-electron chi connectivity index (χ0n) is 15.3. The van der Waals surface area contributed by atoms with Crippen LogP contribution in [-0.2, 0) is 22.6 Å². The molecule has 0 aliphatic rings. The van der Waals surface area contributed by atoms with Crippen LogP contribution in [0, 0.1) is 6.92 Å². The maximum atomic E-state index is 12.2. The number of esters is 1. The second kappa shape index (κ2) is 7.48. The summed E-state index contributed by atoms with van der Waals surface area (Å²) in [6.07, 6.45) is 5.25. The highest BCUT2D eigenvalue weighted by molar-refractivity contribution is 5.72. The molecule has 4 rings (SSSR count). The molecule has 0 spiro atoms. The minimum absolute atomic E-state index is 0.0503. The predicted molar refractivity (Wildman–Crippen MR) is 103 cm³/mol. The minimum atomic E-state index is -0.404. The van der Waals surface area contributed by atoms with Crippen LogP contribution in [-0.4, -0.2) is 25.1 Å². The molecule has 140 valence electrons.